The Kier molecular flexibility index (Phi) is 5.25. The molecule has 0 bridgehead atoms. The lowest BCUT2D eigenvalue weighted by Crippen LogP contribution is -2.38. The Hall–Kier alpha value is -1.10. The number of amides is 2. The summed E-state index contributed by atoms with van der Waals surface area (Å²) < 4.78 is 0. The van der Waals surface area contributed by atoms with E-state index in [-0.39, 0.29) is 17.9 Å². The summed E-state index contributed by atoms with van der Waals surface area (Å²) in [5.74, 6) is -0.0702. The molecule has 1 fully saturated rings. The van der Waals surface area contributed by atoms with Crippen molar-refractivity contribution in [2.45, 2.75) is 38.6 Å². The smallest absolute Gasteiger partial charge is 0.239 e. The number of carbonyl (C=O) groups excluding carboxylic acids is 2. The number of unbranched alkanes of at least 4 members (excludes halogenated alkanes) is 1. The molecule has 3 N–H and O–H groups in total. The van der Waals surface area contributed by atoms with Gasteiger partial charge in [0, 0.05) is 19.5 Å². The van der Waals surface area contributed by atoms with Gasteiger partial charge in [-0.15, -0.1) is 0 Å². The first kappa shape index (κ1) is 13.0. The van der Waals surface area contributed by atoms with Crippen molar-refractivity contribution >= 4 is 11.8 Å². The van der Waals surface area contributed by atoms with Crippen LogP contribution < -0.4 is 11.1 Å². The summed E-state index contributed by atoms with van der Waals surface area (Å²) in [5.41, 5.74) is 5.05. The number of hydrogen-bond donors (Lipinski definition) is 2. The Labute approximate surface area is 96.4 Å². The van der Waals surface area contributed by atoms with E-state index in [4.69, 9.17) is 5.73 Å². The molecule has 0 spiro atoms. The molecule has 1 rings (SSSR count). The van der Waals surface area contributed by atoms with Crippen LogP contribution in [0.1, 0.15) is 32.6 Å². The largest absolute Gasteiger partial charge is 0.370 e. The summed E-state index contributed by atoms with van der Waals surface area (Å²) in [6, 6.07) is 0.00106. The lowest BCUT2D eigenvalue weighted by Gasteiger charge is -2.16. The molecule has 92 valence electrons. The molecule has 1 aliphatic heterocycles. The van der Waals surface area contributed by atoms with Gasteiger partial charge in [0.1, 0.15) is 0 Å². The number of nitrogens with one attached hydrogen (secondary N) is 1. The van der Waals surface area contributed by atoms with Crippen molar-refractivity contribution in [3.8, 4) is 0 Å². The first-order valence-electron chi connectivity index (χ1n) is 5.95. The van der Waals surface area contributed by atoms with E-state index >= 15 is 0 Å². The zero-order chi connectivity index (χ0) is 12.0. The molecule has 1 unspecified atom stereocenters. The minimum absolute atomic E-state index is 0.00106. The highest BCUT2D eigenvalue weighted by atomic mass is 16.2. The maximum Gasteiger partial charge on any atom is 0.239 e. The maximum absolute atomic E-state index is 11.8. The van der Waals surface area contributed by atoms with Crippen molar-refractivity contribution in [3.63, 3.8) is 0 Å². The number of primary amides is 1. The molecule has 0 radical (unpaired) electrons. The van der Waals surface area contributed by atoms with Crippen LogP contribution >= 0.6 is 0 Å². The van der Waals surface area contributed by atoms with Crippen molar-refractivity contribution in [1.29, 1.82) is 0 Å². The fourth-order valence-electron chi connectivity index (χ4n) is 2.00. The highest BCUT2D eigenvalue weighted by molar-refractivity contribution is 5.83. The van der Waals surface area contributed by atoms with Crippen LogP contribution in [0.15, 0.2) is 0 Å². The molecule has 1 atom stereocenters. The molecule has 1 aliphatic rings. The molecule has 0 aliphatic carbocycles. The van der Waals surface area contributed by atoms with E-state index in [1.807, 2.05) is 11.8 Å². The van der Waals surface area contributed by atoms with Crippen LogP contribution in [0, 0.1) is 0 Å². The predicted octanol–water partition coefficient (Wildman–Crippen LogP) is -0.148. The Morgan fingerprint density at radius 1 is 1.56 bits per heavy atom. The third kappa shape index (κ3) is 3.81. The summed E-state index contributed by atoms with van der Waals surface area (Å²) in [6.45, 7) is 4.40. The van der Waals surface area contributed by atoms with E-state index in [0.29, 0.717) is 6.42 Å². The lowest BCUT2D eigenvalue weighted by atomic mass is 10.2. The SMILES string of the molecule is CCNC1CCN(CCCCC(N)=O)C1=O. The van der Waals surface area contributed by atoms with Gasteiger partial charge in [0.15, 0.2) is 0 Å². The number of carbonyl (C=O) groups is 2. The average molecular weight is 227 g/mol. The van der Waals surface area contributed by atoms with Crippen LogP contribution in [0.2, 0.25) is 0 Å². The van der Waals surface area contributed by atoms with Crippen molar-refractivity contribution in [2.75, 3.05) is 19.6 Å². The van der Waals surface area contributed by atoms with Gasteiger partial charge in [-0.1, -0.05) is 6.92 Å². The van der Waals surface area contributed by atoms with Crippen LogP contribution in [0.3, 0.4) is 0 Å². The van der Waals surface area contributed by atoms with Crippen molar-refractivity contribution in [1.82, 2.24) is 10.2 Å². The van der Waals surface area contributed by atoms with E-state index < -0.39 is 0 Å². The standard InChI is InChI=1S/C11H21N3O2/c1-2-13-9-6-8-14(11(9)16)7-4-3-5-10(12)15/h9,13H,2-8H2,1H3,(H2,12,15). The van der Waals surface area contributed by atoms with Crippen LogP contribution in [0.25, 0.3) is 0 Å². The third-order valence-electron chi connectivity index (χ3n) is 2.85. The molecule has 5 nitrogen and oxygen atoms in total. The van der Waals surface area contributed by atoms with E-state index in [0.717, 1.165) is 38.9 Å². The molecule has 16 heavy (non-hydrogen) atoms. The van der Waals surface area contributed by atoms with Crippen molar-refractivity contribution < 1.29 is 9.59 Å². The van der Waals surface area contributed by atoms with E-state index in [1.54, 1.807) is 0 Å². The molecular weight excluding hydrogens is 206 g/mol. The van der Waals surface area contributed by atoms with Gasteiger partial charge in [0.05, 0.1) is 6.04 Å². The number of likely N-dealkylation sites (N-methyl/N-ethyl adjacent to an activating group) is 1. The Morgan fingerprint density at radius 2 is 2.31 bits per heavy atom. The molecule has 1 saturated heterocycles. The number of nitrogens with zero attached hydrogens (tertiary/aromatic N) is 1. The van der Waals surface area contributed by atoms with Crippen LogP contribution in [-0.2, 0) is 9.59 Å². The second kappa shape index (κ2) is 6.48. The quantitative estimate of drug-likeness (QED) is 0.594. The highest BCUT2D eigenvalue weighted by Crippen LogP contribution is 2.12. The van der Waals surface area contributed by atoms with Crippen molar-refractivity contribution in [3.05, 3.63) is 0 Å². The number of rotatable bonds is 7. The summed E-state index contributed by atoms with van der Waals surface area (Å²) in [5, 5.41) is 3.17. The first-order chi connectivity index (χ1) is 7.65. The van der Waals surface area contributed by atoms with E-state index in [2.05, 4.69) is 5.32 Å². The molecule has 0 aromatic carbocycles. The highest BCUT2D eigenvalue weighted by Gasteiger charge is 2.29. The van der Waals surface area contributed by atoms with E-state index in [1.165, 1.54) is 0 Å². The second-order valence-corrected chi connectivity index (χ2v) is 4.15. The van der Waals surface area contributed by atoms with Gasteiger partial charge in [-0.3, -0.25) is 9.59 Å². The molecule has 0 saturated carbocycles. The second-order valence-electron chi connectivity index (χ2n) is 4.15. The molecule has 5 heteroatoms. The van der Waals surface area contributed by atoms with Gasteiger partial charge >= 0.3 is 0 Å². The molecular formula is C11H21N3O2. The Bertz CT molecular complexity index is 256. The molecule has 0 aromatic rings. The van der Waals surface area contributed by atoms with Gasteiger partial charge in [0.2, 0.25) is 11.8 Å². The van der Waals surface area contributed by atoms with Gasteiger partial charge in [-0.25, -0.2) is 0 Å². The van der Waals surface area contributed by atoms with Crippen LogP contribution in [0.4, 0.5) is 0 Å². The zero-order valence-electron chi connectivity index (χ0n) is 9.87. The van der Waals surface area contributed by atoms with E-state index in [9.17, 15) is 9.59 Å². The Morgan fingerprint density at radius 3 is 2.94 bits per heavy atom. The first-order valence-corrected chi connectivity index (χ1v) is 5.95. The fraction of sp³-hybridized carbons (Fsp3) is 0.818. The number of hydrogen-bond acceptors (Lipinski definition) is 3. The molecule has 0 aromatic heterocycles. The normalized spacial score (nSPS) is 20.4. The monoisotopic (exact) mass is 227 g/mol. The summed E-state index contributed by atoms with van der Waals surface area (Å²) in [4.78, 5) is 24.2. The summed E-state index contributed by atoms with van der Waals surface area (Å²) in [6.07, 6.45) is 2.93. The lowest BCUT2D eigenvalue weighted by molar-refractivity contribution is -0.129. The fourth-order valence-corrected chi connectivity index (χ4v) is 2.00. The van der Waals surface area contributed by atoms with Gasteiger partial charge in [0.25, 0.3) is 0 Å². The zero-order valence-corrected chi connectivity index (χ0v) is 9.87. The van der Waals surface area contributed by atoms with Gasteiger partial charge in [-0.2, -0.15) is 0 Å². The van der Waals surface area contributed by atoms with Crippen LogP contribution in [0.5, 0.6) is 0 Å². The molecule has 2 amide bonds. The van der Waals surface area contributed by atoms with Gasteiger partial charge < -0.3 is 16.0 Å². The third-order valence-corrected chi connectivity index (χ3v) is 2.85. The minimum Gasteiger partial charge on any atom is -0.370 e. The number of nitrogens with two attached hydrogens (primary N) is 1. The average Bonchev–Trinajstić information content (AvgIpc) is 2.57. The maximum atomic E-state index is 11.8. The summed E-state index contributed by atoms with van der Waals surface area (Å²) >= 11 is 0. The summed E-state index contributed by atoms with van der Waals surface area (Å²) in [7, 11) is 0. The number of likely N-dealkylation sites (tertiary alicyclic amines) is 1. The Balaban J connectivity index is 2.19. The molecule has 1 heterocycles. The van der Waals surface area contributed by atoms with Crippen LogP contribution in [-0.4, -0.2) is 42.4 Å². The minimum atomic E-state index is -0.265. The topological polar surface area (TPSA) is 75.4 Å². The van der Waals surface area contributed by atoms with Crippen molar-refractivity contribution in [2.24, 2.45) is 5.73 Å². The predicted molar refractivity (Wildman–Crippen MR) is 61.7 cm³/mol. The van der Waals surface area contributed by atoms with Gasteiger partial charge in [-0.05, 0) is 25.8 Å².